The van der Waals surface area contributed by atoms with Gasteiger partial charge in [-0.05, 0) is 24.1 Å². The van der Waals surface area contributed by atoms with E-state index >= 15 is 0 Å². The van der Waals surface area contributed by atoms with Crippen molar-refractivity contribution in [1.82, 2.24) is 4.90 Å². The Bertz CT molecular complexity index is 550. The van der Waals surface area contributed by atoms with Gasteiger partial charge in [-0.1, -0.05) is 30.1 Å². The number of carbonyl (C=O) groups is 2. The minimum Gasteiger partial charge on any atom is -0.481 e. The number of halogens is 2. The molecule has 1 fully saturated rings. The van der Waals surface area contributed by atoms with Gasteiger partial charge in [-0.15, -0.1) is 0 Å². The Hall–Kier alpha value is -1.46. The normalized spacial score (nSPS) is 21.9. The summed E-state index contributed by atoms with van der Waals surface area (Å²) in [4.78, 5) is 24.6. The van der Waals surface area contributed by atoms with Gasteiger partial charge in [-0.3, -0.25) is 4.79 Å². The highest BCUT2D eigenvalue weighted by molar-refractivity contribution is 6.42. The van der Waals surface area contributed by atoms with Crippen LogP contribution in [0.2, 0.25) is 10.0 Å². The third-order valence-corrected chi connectivity index (χ3v) is 4.13. The Morgan fingerprint density at radius 3 is 2.55 bits per heavy atom. The molecule has 108 valence electrons. The average molecular weight is 317 g/mol. The number of benzene rings is 1. The van der Waals surface area contributed by atoms with Crippen molar-refractivity contribution in [3.63, 3.8) is 0 Å². The Balaban J connectivity index is 2.02. The molecule has 2 N–H and O–H groups in total. The molecule has 1 heterocycles. The summed E-state index contributed by atoms with van der Waals surface area (Å²) in [6.07, 6.45) is 0. The Labute approximate surface area is 126 Å². The quantitative estimate of drug-likeness (QED) is 0.880. The monoisotopic (exact) mass is 316 g/mol. The maximum absolute atomic E-state index is 12.1. The average Bonchev–Trinajstić information content (AvgIpc) is 2.76. The molecule has 1 aromatic rings. The van der Waals surface area contributed by atoms with Gasteiger partial charge in [-0.2, -0.15) is 0 Å². The summed E-state index contributed by atoms with van der Waals surface area (Å²) in [7, 11) is 0. The lowest BCUT2D eigenvalue weighted by atomic mass is 9.99. The van der Waals surface area contributed by atoms with Crippen molar-refractivity contribution in [2.24, 2.45) is 11.8 Å². The van der Waals surface area contributed by atoms with Gasteiger partial charge in [0.15, 0.2) is 0 Å². The maximum Gasteiger partial charge on any atom is 0.321 e. The zero-order valence-electron chi connectivity index (χ0n) is 10.8. The summed E-state index contributed by atoms with van der Waals surface area (Å²) in [6.45, 7) is 2.46. The summed E-state index contributed by atoms with van der Waals surface area (Å²) >= 11 is 11.7. The van der Waals surface area contributed by atoms with Crippen molar-refractivity contribution in [3.05, 3.63) is 28.2 Å². The molecule has 7 heteroatoms. The number of anilines is 1. The summed E-state index contributed by atoms with van der Waals surface area (Å²) in [5, 5.41) is 12.5. The van der Waals surface area contributed by atoms with Crippen molar-refractivity contribution in [1.29, 1.82) is 0 Å². The predicted octanol–water partition coefficient (Wildman–Crippen LogP) is 3.18. The Morgan fingerprint density at radius 2 is 2.00 bits per heavy atom. The van der Waals surface area contributed by atoms with Crippen LogP contribution in [-0.4, -0.2) is 35.1 Å². The van der Waals surface area contributed by atoms with E-state index in [1.807, 2.05) is 6.92 Å². The largest absolute Gasteiger partial charge is 0.481 e. The first-order chi connectivity index (χ1) is 9.38. The number of carbonyl (C=O) groups excluding carboxylic acids is 1. The van der Waals surface area contributed by atoms with E-state index in [0.29, 0.717) is 22.3 Å². The van der Waals surface area contributed by atoms with Gasteiger partial charge in [-0.25, -0.2) is 4.79 Å². The summed E-state index contributed by atoms with van der Waals surface area (Å²) < 4.78 is 0. The van der Waals surface area contributed by atoms with Gasteiger partial charge in [0.1, 0.15) is 0 Å². The molecule has 1 aromatic carbocycles. The van der Waals surface area contributed by atoms with E-state index in [-0.39, 0.29) is 18.5 Å². The topological polar surface area (TPSA) is 69.6 Å². The van der Waals surface area contributed by atoms with Crippen molar-refractivity contribution in [2.45, 2.75) is 6.92 Å². The summed E-state index contributed by atoms with van der Waals surface area (Å²) in [5.41, 5.74) is 0.524. The van der Waals surface area contributed by atoms with Gasteiger partial charge >= 0.3 is 12.0 Å². The molecule has 0 spiro atoms. The highest BCUT2D eigenvalue weighted by atomic mass is 35.5. The van der Waals surface area contributed by atoms with Crippen molar-refractivity contribution >= 4 is 40.9 Å². The molecule has 5 nitrogen and oxygen atoms in total. The van der Waals surface area contributed by atoms with Crippen LogP contribution in [0.5, 0.6) is 0 Å². The number of amides is 2. The fourth-order valence-electron chi connectivity index (χ4n) is 2.23. The number of carboxylic acids is 1. The summed E-state index contributed by atoms with van der Waals surface area (Å²) in [6, 6.07) is 4.45. The second-order valence-corrected chi connectivity index (χ2v) is 5.70. The second kappa shape index (κ2) is 5.89. The zero-order valence-corrected chi connectivity index (χ0v) is 12.3. The molecule has 2 amide bonds. The fraction of sp³-hybridized carbons (Fsp3) is 0.385. The van der Waals surface area contributed by atoms with Crippen LogP contribution in [0.3, 0.4) is 0 Å². The minimum absolute atomic E-state index is 0.0629. The van der Waals surface area contributed by atoms with Crippen LogP contribution in [0, 0.1) is 11.8 Å². The van der Waals surface area contributed by atoms with Gasteiger partial charge in [0.05, 0.1) is 16.0 Å². The molecule has 2 rings (SSSR count). The van der Waals surface area contributed by atoms with Gasteiger partial charge in [0.25, 0.3) is 0 Å². The SMILES string of the molecule is C[C@@H]1CN(C(=O)Nc2ccc(Cl)c(Cl)c2)C[C@H]1C(=O)O. The van der Waals surface area contributed by atoms with E-state index in [4.69, 9.17) is 28.3 Å². The number of aliphatic carboxylic acids is 1. The highest BCUT2D eigenvalue weighted by Crippen LogP contribution is 2.27. The number of urea groups is 1. The van der Waals surface area contributed by atoms with Crippen LogP contribution in [0.25, 0.3) is 0 Å². The number of nitrogens with one attached hydrogen (secondary N) is 1. The van der Waals surface area contributed by atoms with Crippen molar-refractivity contribution in [3.8, 4) is 0 Å². The molecule has 0 aliphatic carbocycles. The van der Waals surface area contributed by atoms with Crippen LogP contribution in [0.4, 0.5) is 10.5 Å². The van der Waals surface area contributed by atoms with Gasteiger partial charge in [0.2, 0.25) is 0 Å². The second-order valence-electron chi connectivity index (χ2n) is 4.89. The standard InChI is InChI=1S/C13H14Cl2N2O3/c1-7-5-17(6-9(7)12(18)19)13(20)16-8-2-3-10(14)11(15)4-8/h2-4,7,9H,5-6H2,1H3,(H,16,20)(H,18,19)/t7-,9-/m1/s1. The van der Waals surface area contributed by atoms with E-state index in [2.05, 4.69) is 5.32 Å². The van der Waals surface area contributed by atoms with Crippen LogP contribution >= 0.6 is 23.2 Å². The minimum atomic E-state index is -0.873. The molecule has 1 aliphatic rings. The third kappa shape index (κ3) is 3.16. The number of nitrogens with zero attached hydrogens (tertiary/aromatic N) is 1. The van der Waals surface area contributed by atoms with E-state index in [0.717, 1.165) is 0 Å². The number of carboxylic acid groups (broad SMARTS) is 1. The van der Waals surface area contributed by atoms with Crippen LogP contribution in [-0.2, 0) is 4.79 Å². The van der Waals surface area contributed by atoms with Gasteiger partial charge < -0.3 is 15.3 Å². The molecule has 0 bridgehead atoms. The first-order valence-electron chi connectivity index (χ1n) is 6.12. The molecule has 2 atom stereocenters. The lowest BCUT2D eigenvalue weighted by molar-refractivity contribution is -0.142. The molecule has 1 aliphatic heterocycles. The molecule has 0 saturated carbocycles. The molecule has 20 heavy (non-hydrogen) atoms. The molecular weight excluding hydrogens is 303 g/mol. The first-order valence-corrected chi connectivity index (χ1v) is 6.88. The maximum atomic E-state index is 12.1. The number of hydrogen-bond donors (Lipinski definition) is 2. The lowest BCUT2D eigenvalue weighted by Crippen LogP contribution is -2.33. The Kier molecular flexibility index (Phi) is 4.40. The lowest BCUT2D eigenvalue weighted by Gasteiger charge is -2.17. The van der Waals surface area contributed by atoms with E-state index in [1.54, 1.807) is 18.2 Å². The van der Waals surface area contributed by atoms with E-state index in [1.165, 1.54) is 4.90 Å². The fourth-order valence-corrected chi connectivity index (χ4v) is 2.53. The molecule has 0 unspecified atom stereocenters. The van der Waals surface area contributed by atoms with Crippen molar-refractivity contribution in [2.75, 3.05) is 18.4 Å². The first kappa shape index (κ1) is 14.9. The molecular formula is C13H14Cl2N2O3. The van der Waals surface area contributed by atoms with Crippen LogP contribution in [0.15, 0.2) is 18.2 Å². The molecule has 1 saturated heterocycles. The van der Waals surface area contributed by atoms with Crippen LogP contribution < -0.4 is 5.32 Å². The Morgan fingerprint density at radius 1 is 1.30 bits per heavy atom. The molecule has 0 radical (unpaired) electrons. The number of hydrogen-bond acceptors (Lipinski definition) is 2. The third-order valence-electron chi connectivity index (χ3n) is 3.39. The van der Waals surface area contributed by atoms with Crippen LogP contribution in [0.1, 0.15) is 6.92 Å². The summed E-state index contributed by atoms with van der Waals surface area (Å²) in [5.74, 6) is -1.45. The molecule has 0 aromatic heterocycles. The van der Waals surface area contributed by atoms with E-state index < -0.39 is 11.9 Å². The van der Waals surface area contributed by atoms with Gasteiger partial charge in [0, 0.05) is 18.8 Å². The number of rotatable bonds is 2. The highest BCUT2D eigenvalue weighted by Gasteiger charge is 2.36. The predicted molar refractivity (Wildman–Crippen MR) is 77.3 cm³/mol. The zero-order chi connectivity index (χ0) is 14.9. The van der Waals surface area contributed by atoms with Crippen molar-refractivity contribution < 1.29 is 14.7 Å². The smallest absolute Gasteiger partial charge is 0.321 e. The van der Waals surface area contributed by atoms with E-state index in [9.17, 15) is 9.59 Å². The number of likely N-dealkylation sites (tertiary alicyclic amines) is 1.